The van der Waals surface area contributed by atoms with Gasteiger partial charge in [-0.2, -0.15) is 0 Å². The number of benzene rings is 2. The first kappa shape index (κ1) is 26.2. The number of furan rings is 1. The Morgan fingerprint density at radius 3 is 2.29 bits per heavy atom. The second-order valence-corrected chi connectivity index (χ2v) is 8.80. The van der Waals surface area contributed by atoms with Gasteiger partial charge in [0.25, 0.3) is 5.91 Å². The van der Waals surface area contributed by atoms with E-state index in [-0.39, 0.29) is 17.7 Å². The third-order valence-electron chi connectivity index (χ3n) is 5.88. The molecule has 0 bridgehead atoms. The van der Waals surface area contributed by atoms with Crippen LogP contribution in [0, 0.1) is 13.8 Å². The van der Waals surface area contributed by atoms with Gasteiger partial charge in [-0.1, -0.05) is 24.3 Å². The number of nitrogens with one attached hydrogen (secondary N) is 2. The number of carbonyl (C=O) groups excluding carboxylic acids is 4. The van der Waals surface area contributed by atoms with Crippen LogP contribution in [0.4, 0.5) is 11.4 Å². The highest BCUT2D eigenvalue weighted by Gasteiger charge is 2.38. The molecule has 9 heteroatoms. The van der Waals surface area contributed by atoms with Gasteiger partial charge in [-0.3, -0.25) is 19.3 Å². The molecule has 1 aliphatic rings. The van der Waals surface area contributed by atoms with Gasteiger partial charge in [-0.25, -0.2) is 4.79 Å². The summed E-state index contributed by atoms with van der Waals surface area (Å²) in [5.41, 5.74) is 3.82. The van der Waals surface area contributed by atoms with Crippen molar-refractivity contribution in [2.75, 3.05) is 17.3 Å². The average Bonchev–Trinajstić information content (AvgIpc) is 3.43. The average molecular weight is 514 g/mol. The van der Waals surface area contributed by atoms with Gasteiger partial charge in [0.05, 0.1) is 24.8 Å². The molecule has 0 unspecified atom stereocenters. The molecule has 0 aliphatic carbocycles. The fourth-order valence-corrected chi connectivity index (χ4v) is 4.24. The number of rotatable bonds is 6. The van der Waals surface area contributed by atoms with E-state index >= 15 is 0 Å². The minimum Gasteiger partial charge on any atom is -0.465 e. The molecule has 0 atom stereocenters. The maximum atomic E-state index is 13.5. The maximum absolute atomic E-state index is 13.5. The van der Waals surface area contributed by atoms with Gasteiger partial charge in [0.15, 0.2) is 0 Å². The van der Waals surface area contributed by atoms with E-state index in [0.29, 0.717) is 28.6 Å². The van der Waals surface area contributed by atoms with Crippen LogP contribution in [-0.4, -0.2) is 30.8 Å². The number of hydrogen-bond donors (Lipinski definition) is 2. The van der Waals surface area contributed by atoms with Gasteiger partial charge in [0, 0.05) is 17.1 Å². The lowest BCUT2D eigenvalue weighted by Crippen LogP contribution is -2.34. The highest BCUT2D eigenvalue weighted by atomic mass is 16.5. The molecule has 1 aromatic heterocycles. The molecule has 2 N–H and O–H groups in total. The van der Waals surface area contributed by atoms with Crippen molar-refractivity contribution < 1.29 is 28.3 Å². The van der Waals surface area contributed by atoms with E-state index in [0.717, 1.165) is 11.1 Å². The van der Waals surface area contributed by atoms with Crippen LogP contribution in [0.2, 0.25) is 0 Å². The quantitative estimate of drug-likeness (QED) is 0.292. The maximum Gasteiger partial charge on any atom is 0.340 e. The van der Waals surface area contributed by atoms with Crippen molar-refractivity contribution in [2.24, 2.45) is 0 Å². The molecule has 4 rings (SSSR count). The number of ether oxygens (including phenoxy) is 1. The summed E-state index contributed by atoms with van der Waals surface area (Å²) in [5.74, 6) is -2.02. The molecule has 194 valence electrons. The number of anilines is 2. The summed E-state index contributed by atoms with van der Waals surface area (Å²) in [5, 5.41) is 5.00. The summed E-state index contributed by atoms with van der Waals surface area (Å²) in [6.07, 6.45) is 1.47. The van der Waals surface area contributed by atoms with Gasteiger partial charge < -0.3 is 19.8 Å². The summed E-state index contributed by atoms with van der Waals surface area (Å²) in [7, 11) is 1.26. The van der Waals surface area contributed by atoms with Crippen LogP contribution in [0.5, 0.6) is 0 Å². The van der Waals surface area contributed by atoms with E-state index in [2.05, 4.69) is 10.6 Å². The van der Waals surface area contributed by atoms with Crippen LogP contribution < -0.4 is 15.5 Å². The third-order valence-corrected chi connectivity index (χ3v) is 5.88. The second-order valence-electron chi connectivity index (χ2n) is 8.80. The number of allylic oxidation sites excluding steroid dienone is 1. The Labute approximate surface area is 219 Å². The van der Waals surface area contributed by atoms with Gasteiger partial charge in [0.1, 0.15) is 11.5 Å². The molecule has 2 aromatic carbocycles. The standard InChI is InChI=1S/C29H27N3O6/c1-17-12-18(2)14-21(13-17)32-19(3)25(29(36)37-4)24(28(32)35)15-22-10-11-23(38-22)16-30-26(33)27(34)31-20-8-6-5-7-9-20/h5-15H,16H2,1-4H3,(H,30,33)(H,31,34)/b24-15+. The van der Waals surface area contributed by atoms with Crippen LogP contribution in [0.15, 0.2) is 81.9 Å². The van der Waals surface area contributed by atoms with Crippen molar-refractivity contribution in [1.29, 1.82) is 0 Å². The van der Waals surface area contributed by atoms with E-state index in [9.17, 15) is 19.2 Å². The Morgan fingerprint density at radius 2 is 1.63 bits per heavy atom. The van der Waals surface area contributed by atoms with E-state index < -0.39 is 23.7 Å². The molecule has 1 aliphatic heterocycles. The molecule has 0 radical (unpaired) electrons. The topological polar surface area (TPSA) is 118 Å². The number of hydrogen-bond acceptors (Lipinski definition) is 6. The predicted molar refractivity (Wildman–Crippen MR) is 142 cm³/mol. The van der Waals surface area contributed by atoms with E-state index in [1.54, 1.807) is 49.4 Å². The molecular formula is C29H27N3O6. The Bertz CT molecular complexity index is 1460. The van der Waals surface area contributed by atoms with Gasteiger partial charge in [-0.15, -0.1) is 0 Å². The molecule has 0 saturated heterocycles. The number of aryl methyl sites for hydroxylation is 2. The van der Waals surface area contributed by atoms with Crippen LogP contribution in [0.1, 0.15) is 29.6 Å². The van der Waals surface area contributed by atoms with Crippen molar-refractivity contribution in [3.63, 3.8) is 0 Å². The monoisotopic (exact) mass is 513 g/mol. The zero-order valence-corrected chi connectivity index (χ0v) is 21.5. The van der Waals surface area contributed by atoms with Crippen LogP contribution in [0.3, 0.4) is 0 Å². The highest BCUT2D eigenvalue weighted by molar-refractivity contribution is 6.39. The fraction of sp³-hybridized carbons (Fsp3) is 0.172. The molecule has 9 nitrogen and oxygen atoms in total. The first-order chi connectivity index (χ1) is 18.2. The Balaban J connectivity index is 1.52. The largest absolute Gasteiger partial charge is 0.465 e. The van der Waals surface area contributed by atoms with Crippen molar-refractivity contribution >= 4 is 41.1 Å². The molecule has 0 fully saturated rings. The summed E-state index contributed by atoms with van der Waals surface area (Å²) in [6.45, 7) is 5.50. The minimum absolute atomic E-state index is 0.0500. The minimum atomic E-state index is -0.827. The van der Waals surface area contributed by atoms with E-state index in [1.807, 2.05) is 32.0 Å². The zero-order valence-electron chi connectivity index (χ0n) is 21.5. The summed E-state index contributed by atoms with van der Waals surface area (Å²) in [6, 6.07) is 17.6. The summed E-state index contributed by atoms with van der Waals surface area (Å²) in [4.78, 5) is 51.9. The van der Waals surface area contributed by atoms with Gasteiger partial charge in [-0.05, 0) is 74.4 Å². The van der Waals surface area contributed by atoms with E-state index in [1.165, 1.54) is 18.1 Å². The number of para-hydroxylation sites is 1. The zero-order chi connectivity index (χ0) is 27.4. The number of methoxy groups -OCH3 is 1. The number of esters is 1. The molecule has 0 saturated carbocycles. The summed E-state index contributed by atoms with van der Waals surface area (Å²) >= 11 is 0. The Kier molecular flexibility index (Phi) is 7.57. The Morgan fingerprint density at radius 1 is 0.947 bits per heavy atom. The van der Waals surface area contributed by atoms with Gasteiger partial charge >= 0.3 is 17.8 Å². The van der Waals surface area contributed by atoms with Crippen molar-refractivity contribution in [2.45, 2.75) is 27.3 Å². The first-order valence-electron chi connectivity index (χ1n) is 11.8. The second kappa shape index (κ2) is 11.0. The molecule has 38 heavy (non-hydrogen) atoms. The van der Waals surface area contributed by atoms with Crippen LogP contribution >= 0.6 is 0 Å². The SMILES string of the molecule is COC(=O)C1=C(C)N(c2cc(C)cc(C)c2)C(=O)/C1=C/c1ccc(CNC(=O)C(=O)Nc2ccccc2)o1. The van der Waals surface area contributed by atoms with Crippen molar-refractivity contribution in [1.82, 2.24) is 5.32 Å². The molecule has 0 spiro atoms. The van der Waals surface area contributed by atoms with Crippen molar-refractivity contribution in [3.8, 4) is 0 Å². The normalized spacial score (nSPS) is 14.2. The molecule has 3 amide bonds. The lowest BCUT2D eigenvalue weighted by atomic mass is 10.1. The van der Waals surface area contributed by atoms with Crippen LogP contribution in [0.25, 0.3) is 6.08 Å². The highest BCUT2D eigenvalue weighted by Crippen LogP contribution is 2.36. The van der Waals surface area contributed by atoms with E-state index in [4.69, 9.17) is 9.15 Å². The number of amides is 3. The molecule has 3 aromatic rings. The molecule has 2 heterocycles. The van der Waals surface area contributed by atoms with Crippen LogP contribution in [-0.2, 0) is 30.5 Å². The third kappa shape index (κ3) is 5.57. The lowest BCUT2D eigenvalue weighted by Gasteiger charge is -2.19. The first-order valence-corrected chi connectivity index (χ1v) is 11.8. The van der Waals surface area contributed by atoms with Crippen molar-refractivity contribution in [3.05, 3.63) is 100 Å². The lowest BCUT2D eigenvalue weighted by molar-refractivity contribution is -0.136. The predicted octanol–water partition coefficient (Wildman–Crippen LogP) is 4.03. The number of nitrogens with zero attached hydrogens (tertiary/aromatic N) is 1. The number of carbonyl (C=O) groups is 4. The smallest absolute Gasteiger partial charge is 0.340 e. The summed E-state index contributed by atoms with van der Waals surface area (Å²) < 4.78 is 10.7. The van der Waals surface area contributed by atoms with Gasteiger partial charge in [0.2, 0.25) is 0 Å². The molecular weight excluding hydrogens is 486 g/mol. The Hall–Kier alpha value is -4.92. The fourth-order valence-electron chi connectivity index (χ4n) is 4.24.